The van der Waals surface area contributed by atoms with Crippen LogP contribution in [0.15, 0.2) is 18.2 Å². The number of hydrogen-bond donors (Lipinski definition) is 1. The van der Waals surface area contributed by atoms with E-state index in [2.05, 4.69) is 15.1 Å². The first kappa shape index (κ1) is 16.7. The first-order valence-electron chi connectivity index (χ1n) is 9.29. The van der Waals surface area contributed by atoms with E-state index in [1.165, 1.54) is 63.7 Å². The lowest BCUT2D eigenvalue weighted by Gasteiger charge is -2.19. The number of rotatable bonds is 8. The first-order valence-corrected chi connectivity index (χ1v) is 9.29. The fourth-order valence-corrected chi connectivity index (χ4v) is 3.69. The predicted octanol–water partition coefficient (Wildman–Crippen LogP) is 3.39. The molecule has 0 spiro atoms. The Bertz CT molecular complexity index is 480. The molecule has 128 valence electrons. The van der Waals surface area contributed by atoms with E-state index in [-0.39, 0.29) is 5.82 Å². The smallest absolute Gasteiger partial charge is 0.146 e. The minimum Gasteiger partial charge on any atom is -0.369 e. The van der Waals surface area contributed by atoms with Gasteiger partial charge in [0.15, 0.2) is 0 Å². The highest BCUT2D eigenvalue weighted by Crippen LogP contribution is 2.24. The number of likely N-dealkylation sites (tertiary alicyclic amines) is 1. The van der Waals surface area contributed by atoms with Gasteiger partial charge in [-0.15, -0.1) is 0 Å². The summed E-state index contributed by atoms with van der Waals surface area (Å²) in [5, 5.41) is 3.50. The molecule has 2 heterocycles. The molecule has 0 aliphatic carbocycles. The highest BCUT2D eigenvalue weighted by atomic mass is 19.1. The van der Waals surface area contributed by atoms with Gasteiger partial charge in [-0.05, 0) is 82.4 Å². The molecule has 2 aliphatic heterocycles. The lowest BCUT2D eigenvalue weighted by Crippen LogP contribution is -2.22. The summed E-state index contributed by atoms with van der Waals surface area (Å²) in [5.74, 6) is -0.0822. The Hall–Kier alpha value is -1.13. The fraction of sp³-hybridized carbons (Fsp3) is 0.684. The maximum atomic E-state index is 14.0. The molecular formula is C19H30FN3. The molecular weight excluding hydrogens is 289 g/mol. The Morgan fingerprint density at radius 3 is 2.48 bits per heavy atom. The molecule has 0 amide bonds. The number of hydrogen-bond acceptors (Lipinski definition) is 3. The van der Waals surface area contributed by atoms with Crippen molar-refractivity contribution >= 4 is 5.69 Å². The van der Waals surface area contributed by atoms with Gasteiger partial charge in [0.05, 0.1) is 5.69 Å². The largest absolute Gasteiger partial charge is 0.369 e. The minimum atomic E-state index is -0.0822. The second-order valence-corrected chi connectivity index (χ2v) is 6.91. The van der Waals surface area contributed by atoms with Gasteiger partial charge in [-0.3, -0.25) is 0 Å². The van der Waals surface area contributed by atoms with Crippen molar-refractivity contribution in [2.24, 2.45) is 0 Å². The van der Waals surface area contributed by atoms with E-state index in [9.17, 15) is 4.39 Å². The molecule has 2 fully saturated rings. The van der Waals surface area contributed by atoms with Gasteiger partial charge in [0.2, 0.25) is 0 Å². The number of benzene rings is 1. The van der Waals surface area contributed by atoms with Gasteiger partial charge >= 0.3 is 0 Å². The molecule has 2 aliphatic rings. The lowest BCUT2D eigenvalue weighted by atomic mass is 10.1. The highest BCUT2D eigenvalue weighted by molar-refractivity contribution is 5.50. The number of nitrogens with one attached hydrogen (secondary N) is 1. The zero-order valence-electron chi connectivity index (χ0n) is 14.2. The molecule has 1 aromatic carbocycles. The van der Waals surface area contributed by atoms with Crippen LogP contribution in [0.5, 0.6) is 0 Å². The number of nitrogens with zero attached hydrogens (tertiary/aromatic N) is 2. The Morgan fingerprint density at radius 2 is 1.70 bits per heavy atom. The van der Waals surface area contributed by atoms with Crippen LogP contribution in [0.2, 0.25) is 0 Å². The zero-order chi connectivity index (χ0) is 15.9. The summed E-state index contributed by atoms with van der Waals surface area (Å²) in [6.45, 7) is 7.70. The molecule has 1 N–H and O–H groups in total. The second kappa shape index (κ2) is 8.65. The summed E-state index contributed by atoms with van der Waals surface area (Å²) >= 11 is 0. The van der Waals surface area contributed by atoms with Gasteiger partial charge in [0, 0.05) is 19.6 Å². The van der Waals surface area contributed by atoms with E-state index in [0.29, 0.717) is 0 Å². The summed E-state index contributed by atoms with van der Waals surface area (Å²) < 4.78 is 14.0. The van der Waals surface area contributed by atoms with Crippen molar-refractivity contribution in [2.75, 3.05) is 44.2 Å². The minimum absolute atomic E-state index is 0.0822. The highest BCUT2D eigenvalue weighted by Gasteiger charge is 2.16. The van der Waals surface area contributed by atoms with Crippen LogP contribution in [0.4, 0.5) is 10.1 Å². The summed E-state index contributed by atoms with van der Waals surface area (Å²) in [5.41, 5.74) is 1.98. The van der Waals surface area contributed by atoms with Gasteiger partial charge in [0.25, 0.3) is 0 Å². The Morgan fingerprint density at radius 1 is 0.957 bits per heavy atom. The molecule has 0 bridgehead atoms. The van der Waals surface area contributed by atoms with Gasteiger partial charge in [0.1, 0.15) is 5.82 Å². The topological polar surface area (TPSA) is 18.5 Å². The van der Waals surface area contributed by atoms with E-state index >= 15 is 0 Å². The average Bonchev–Trinajstić information content (AvgIpc) is 3.25. The molecule has 0 atom stereocenters. The first-order chi connectivity index (χ1) is 11.3. The third kappa shape index (κ3) is 4.92. The molecule has 0 unspecified atom stereocenters. The van der Waals surface area contributed by atoms with Crippen LogP contribution in [-0.2, 0) is 6.54 Å². The monoisotopic (exact) mass is 319 g/mol. The van der Waals surface area contributed by atoms with E-state index < -0.39 is 0 Å². The van der Waals surface area contributed by atoms with Crippen LogP contribution in [0, 0.1) is 5.82 Å². The van der Waals surface area contributed by atoms with E-state index in [4.69, 9.17) is 0 Å². The van der Waals surface area contributed by atoms with Crippen LogP contribution in [0.3, 0.4) is 0 Å². The Kier molecular flexibility index (Phi) is 6.29. The standard InChI is InChI=1S/C19H30FN3/c20-18-8-7-17(15-19(18)23-13-5-6-14-23)16-21-9-1-2-10-22-11-3-4-12-22/h7-8,15,21H,1-6,9-14,16H2. The quantitative estimate of drug-likeness (QED) is 0.741. The fourth-order valence-electron chi connectivity index (χ4n) is 3.69. The molecule has 2 saturated heterocycles. The zero-order valence-corrected chi connectivity index (χ0v) is 14.2. The van der Waals surface area contributed by atoms with E-state index in [0.717, 1.165) is 31.9 Å². The molecule has 23 heavy (non-hydrogen) atoms. The summed E-state index contributed by atoms with van der Waals surface area (Å²) in [6, 6.07) is 5.56. The second-order valence-electron chi connectivity index (χ2n) is 6.91. The van der Waals surface area contributed by atoms with Crippen LogP contribution in [0.1, 0.15) is 44.1 Å². The van der Waals surface area contributed by atoms with E-state index in [1.807, 2.05) is 12.1 Å². The molecule has 0 radical (unpaired) electrons. The van der Waals surface area contributed by atoms with Crippen LogP contribution in [0.25, 0.3) is 0 Å². The van der Waals surface area contributed by atoms with Gasteiger partial charge in [-0.25, -0.2) is 4.39 Å². The number of halogens is 1. The number of anilines is 1. The predicted molar refractivity (Wildman–Crippen MR) is 94.5 cm³/mol. The van der Waals surface area contributed by atoms with Crippen molar-refractivity contribution in [3.63, 3.8) is 0 Å². The summed E-state index contributed by atoms with van der Waals surface area (Å²) in [7, 11) is 0. The van der Waals surface area contributed by atoms with Crippen molar-refractivity contribution in [1.29, 1.82) is 0 Å². The number of unbranched alkanes of at least 4 members (excludes halogenated alkanes) is 1. The van der Waals surface area contributed by atoms with E-state index in [1.54, 1.807) is 6.07 Å². The molecule has 4 heteroatoms. The Labute approximate surface area is 139 Å². The molecule has 1 aromatic rings. The van der Waals surface area contributed by atoms with Crippen molar-refractivity contribution in [3.05, 3.63) is 29.6 Å². The third-order valence-electron chi connectivity index (χ3n) is 5.06. The maximum Gasteiger partial charge on any atom is 0.146 e. The summed E-state index contributed by atoms with van der Waals surface area (Å²) in [4.78, 5) is 4.75. The van der Waals surface area contributed by atoms with Crippen molar-refractivity contribution in [2.45, 2.75) is 45.1 Å². The molecule has 3 nitrogen and oxygen atoms in total. The van der Waals surface area contributed by atoms with Gasteiger partial charge in [-0.1, -0.05) is 6.07 Å². The molecule has 0 saturated carbocycles. The van der Waals surface area contributed by atoms with Crippen molar-refractivity contribution in [1.82, 2.24) is 10.2 Å². The SMILES string of the molecule is Fc1ccc(CNCCCCN2CCCC2)cc1N1CCCC1. The lowest BCUT2D eigenvalue weighted by molar-refractivity contribution is 0.329. The van der Waals surface area contributed by atoms with Crippen LogP contribution in [-0.4, -0.2) is 44.2 Å². The van der Waals surface area contributed by atoms with Gasteiger partial charge < -0.3 is 15.1 Å². The van der Waals surface area contributed by atoms with Crippen LogP contribution >= 0.6 is 0 Å². The third-order valence-corrected chi connectivity index (χ3v) is 5.06. The summed E-state index contributed by atoms with van der Waals surface area (Å²) in [6.07, 6.45) is 7.61. The van der Waals surface area contributed by atoms with Gasteiger partial charge in [-0.2, -0.15) is 0 Å². The normalized spacial score (nSPS) is 18.9. The van der Waals surface area contributed by atoms with Crippen LogP contribution < -0.4 is 10.2 Å². The van der Waals surface area contributed by atoms with Crippen molar-refractivity contribution in [3.8, 4) is 0 Å². The molecule has 3 rings (SSSR count). The Balaban J connectivity index is 1.37. The van der Waals surface area contributed by atoms with Crippen molar-refractivity contribution < 1.29 is 4.39 Å². The maximum absolute atomic E-state index is 14.0. The average molecular weight is 319 g/mol. The molecule has 0 aromatic heterocycles.